The molecule has 3 rings (SSSR count). The molecule has 0 spiro atoms. The average molecular weight is 434 g/mol. The van der Waals surface area contributed by atoms with Gasteiger partial charge in [-0.05, 0) is 43.2 Å². The van der Waals surface area contributed by atoms with Crippen LogP contribution in [0.15, 0.2) is 36.4 Å². The van der Waals surface area contributed by atoms with Crippen LogP contribution >= 0.6 is 11.6 Å². The lowest BCUT2D eigenvalue weighted by molar-refractivity contribution is -0.153. The zero-order chi connectivity index (χ0) is 21.9. The summed E-state index contributed by atoms with van der Waals surface area (Å²) in [4.78, 5) is 26.1. The highest BCUT2D eigenvalue weighted by atomic mass is 35.5. The van der Waals surface area contributed by atoms with Crippen molar-refractivity contribution in [3.63, 3.8) is 0 Å². The number of carbonyl (C=O) groups is 2. The molecule has 1 fully saturated rings. The second-order valence-electron chi connectivity index (χ2n) is 6.84. The molecule has 0 aromatic heterocycles. The molecular formula is C22H24ClNO6. The summed E-state index contributed by atoms with van der Waals surface area (Å²) >= 11 is 6.17. The van der Waals surface area contributed by atoms with E-state index in [1.165, 1.54) is 21.3 Å². The summed E-state index contributed by atoms with van der Waals surface area (Å²) in [5.74, 6) is -0.119. The van der Waals surface area contributed by atoms with E-state index in [9.17, 15) is 9.59 Å². The van der Waals surface area contributed by atoms with E-state index in [-0.39, 0.29) is 6.61 Å². The topological polar surface area (TPSA) is 83.1 Å². The highest BCUT2D eigenvalue weighted by Gasteiger charge is 2.67. The lowest BCUT2D eigenvalue weighted by Crippen LogP contribution is -2.34. The Kier molecular flexibility index (Phi) is 6.41. The fraction of sp³-hybridized carbons (Fsp3) is 0.364. The number of amides is 1. The third-order valence-corrected chi connectivity index (χ3v) is 5.55. The van der Waals surface area contributed by atoms with Crippen molar-refractivity contribution in [1.29, 1.82) is 0 Å². The fourth-order valence-electron chi connectivity index (χ4n) is 3.59. The first-order valence-corrected chi connectivity index (χ1v) is 9.83. The van der Waals surface area contributed by atoms with Gasteiger partial charge >= 0.3 is 5.97 Å². The number of para-hydroxylation sites is 1. The molecule has 160 valence electrons. The van der Waals surface area contributed by atoms with Crippen molar-refractivity contribution in [2.75, 3.05) is 33.3 Å². The molecule has 2 aromatic carbocycles. The quantitative estimate of drug-likeness (QED) is 0.499. The van der Waals surface area contributed by atoms with Gasteiger partial charge in [0.25, 0.3) is 0 Å². The number of benzene rings is 2. The van der Waals surface area contributed by atoms with E-state index in [4.69, 9.17) is 30.5 Å². The Morgan fingerprint density at radius 1 is 1.10 bits per heavy atom. The largest absolute Gasteiger partial charge is 0.493 e. The normalized spacial score (nSPS) is 19.6. The van der Waals surface area contributed by atoms with Gasteiger partial charge in [0, 0.05) is 5.92 Å². The van der Waals surface area contributed by atoms with Crippen molar-refractivity contribution < 1.29 is 28.5 Å². The Bertz CT molecular complexity index is 937. The molecule has 7 nitrogen and oxygen atoms in total. The molecule has 1 aliphatic carbocycles. The highest BCUT2D eigenvalue weighted by molar-refractivity contribution is 6.34. The molecular weight excluding hydrogens is 410 g/mol. The van der Waals surface area contributed by atoms with Crippen LogP contribution in [0.25, 0.3) is 0 Å². The van der Waals surface area contributed by atoms with E-state index in [1.807, 2.05) is 0 Å². The minimum absolute atomic E-state index is 0.169. The van der Waals surface area contributed by atoms with Gasteiger partial charge in [-0.2, -0.15) is 0 Å². The van der Waals surface area contributed by atoms with Crippen molar-refractivity contribution in [3.8, 4) is 17.2 Å². The van der Waals surface area contributed by atoms with Gasteiger partial charge in [-0.25, -0.2) is 0 Å². The standard InChI is InChI=1S/C22H24ClNO6/c1-5-30-21(26)22(20(25)24-16-9-7-6-8-15(16)23)12-14(22)13-10-17(27-2)19(29-4)18(11-13)28-3/h6-11,14H,5,12H2,1-4H3,(H,24,25)/t14-,22-/m0/s1. The van der Waals surface area contributed by atoms with Crippen LogP contribution < -0.4 is 19.5 Å². The lowest BCUT2D eigenvalue weighted by Gasteiger charge is -2.18. The molecule has 8 heteroatoms. The molecule has 0 aliphatic heterocycles. The Morgan fingerprint density at radius 3 is 2.27 bits per heavy atom. The molecule has 30 heavy (non-hydrogen) atoms. The fourth-order valence-corrected chi connectivity index (χ4v) is 3.78. The molecule has 0 unspecified atom stereocenters. The Morgan fingerprint density at radius 2 is 1.73 bits per heavy atom. The van der Waals surface area contributed by atoms with Gasteiger partial charge in [-0.1, -0.05) is 23.7 Å². The lowest BCUT2D eigenvalue weighted by atomic mass is 9.97. The first-order valence-electron chi connectivity index (χ1n) is 9.46. The van der Waals surface area contributed by atoms with E-state index in [0.717, 1.165) is 0 Å². The number of halogens is 1. The van der Waals surface area contributed by atoms with Crippen LogP contribution in [0.5, 0.6) is 17.2 Å². The maximum Gasteiger partial charge on any atom is 0.322 e. The average Bonchev–Trinajstić information content (AvgIpc) is 3.51. The van der Waals surface area contributed by atoms with Crippen LogP contribution in [-0.2, 0) is 14.3 Å². The number of carbonyl (C=O) groups excluding carboxylic acids is 2. The molecule has 2 aromatic rings. The summed E-state index contributed by atoms with van der Waals surface area (Å²) in [6.07, 6.45) is 0.292. The maximum atomic E-state index is 13.2. The number of hydrogen-bond donors (Lipinski definition) is 1. The van der Waals surface area contributed by atoms with Crippen LogP contribution in [0, 0.1) is 5.41 Å². The molecule has 0 saturated heterocycles. The monoisotopic (exact) mass is 433 g/mol. The smallest absolute Gasteiger partial charge is 0.322 e. The molecule has 1 amide bonds. The van der Waals surface area contributed by atoms with Gasteiger partial charge in [0.2, 0.25) is 11.7 Å². The Labute approximate surface area is 180 Å². The number of nitrogens with one attached hydrogen (secondary N) is 1. The number of hydrogen-bond acceptors (Lipinski definition) is 6. The summed E-state index contributed by atoms with van der Waals surface area (Å²) in [6.45, 7) is 1.87. The van der Waals surface area contributed by atoms with E-state index < -0.39 is 23.2 Å². The minimum Gasteiger partial charge on any atom is -0.493 e. The van der Waals surface area contributed by atoms with Crippen LogP contribution in [0.1, 0.15) is 24.8 Å². The van der Waals surface area contributed by atoms with Gasteiger partial charge in [0.1, 0.15) is 0 Å². The molecule has 0 radical (unpaired) electrons. The second-order valence-corrected chi connectivity index (χ2v) is 7.25. The summed E-state index contributed by atoms with van der Waals surface area (Å²) in [7, 11) is 4.53. The zero-order valence-electron chi connectivity index (χ0n) is 17.3. The molecule has 1 aliphatic rings. The van der Waals surface area contributed by atoms with Crippen LogP contribution in [0.3, 0.4) is 0 Å². The number of rotatable bonds is 8. The van der Waals surface area contributed by atoms with Crippen LogP contribution in [0.4, 0.5) is 5.69 Å². The van der Waals surface area contributed by atoms with E-state index in [1.54, 1.807) is 43.3 Å². The SMILES string of the molecule is CCOC(=O)[C@@]1(C(=O)Nc2ccccc2Cl)C[C@H]1c1cc(OC)c(OC)c(OC)c1. The molecule has 0 bridgehead atoms. The molecule has 0 heterocycles. The van der Waals surface area contributed by atoms with Gasteiger partial charge in [-0.15, -0.1) is 0 Å². The van der Waals surface area contributed by atoms with Crippen LogP contribution in [0.2, 0.25) is 5.02 Å². The minimum atomic E-state index is -1.36. The Balaban J connectivity index is 1.99. The van der Waals surface area contributed by atoms with Crippen LogP contribution in [-0.4, -0.2) is 39.8 Å². The van der Waals surface area contributed by atoms with Gasteiger partial charge < -0.3 is 24.3 Å². The number of esters is 1. The number of methoxy groups -OCH3 is 3. The second kappa shape index (κ2) is 8.83. The van der Waals surface area contributed by atoms with E-state index in [2.05, 4.69) is 5.32 Å². The van der Waals surface area contributed by atoms with Crippen molar-refractivity contribution in [3.05, 3.63) is 47.0 Å². The Hall–Kier alpha value is -2.93. The van der Waals surface area contributed by atoms with Crippen molar-refractivity contribution in [1.82, 2.24) is 0 Å². The van der Waals surface area contributed by atoms with E-state index >= 15 is 0 Å². The van der Waals surface area contributed by atoms with Gasteiger partial charge in [-0.3, -0.25) is 9.59 Å². The highest BCUT2D eigenvalue weighted by Crippen LogP contribution is 2.62. The number of ether oxygens (including phenoxy) is 4. The summed E-state index contributed by atoms with van der Waals surface area (Å²) in [6, 6.07) is 10.3. The first-order chi connectivity index (χ1) is 14.4. The molecule has 1 saturated carbocycles. The molecule has 2 atom stereocenters. The zero-order valence-corrected chi connectivity index (χ0v) is 18.0. The van der Waals surface area contributed by atoms with Gasteiger partial charge in [0.15, 0.2) is 16.9 Å². The third kappa shape index (κ3) is 3.77. The predicted octanol–water partition coefficient (Wildman–Crippen LogP) is 4.04. The predicted molar refractivity (Wildman–Crippen MR) is 113 cm³/mol. The maximum absolute atomic E-state index is 13.2. The van der Waals surface area contributed by atoms with Crippen molar-refractivity contribution >= 4 is 29.2 Å². The summed E-state index contributed by atoms with van der Waals surface area (Å²) in [5.41, 5.74) is -0.213. The number of anilines is 1. The third-order valence-electron chi connectivity index (χ3n) is 5.22. The summed E-state index contributed by atoms with van der Waals surface area (Å²) in [5, 5.41) is 3.16. The van der Waals surface area contributed by atoms with Gasteiger partial charge in [0.05, 0.1) is 38.6 Å². The van der Waals surface area contributed by atoms with Crippen molar-refractivity contribution in [2.24, 2.45) is 5.41 Å². The first kappa shape index (κ1) is 21.8. The molecule has 1 N–H and O–H groups in total. The van der Waals surface area contributed by atoms with E-state index in [0.29, 0.717) is 39.9 Å². The van der Waals surface area contributed by atoms with Crippen molar-refractivity contribution in [2.45, 2.75) is 19.3 Å². The summed E-state index contributed by atoms with van der Waals surface area (Å²) < 4.78 is 21.4.